The molecule has 0 saturated heterocycles. The second kappa shape index (κ2) is 9.03. The number of aromatic nitrogens is 1. The van der Waals surface area contributed by atoms with Gasteiger partial charge in [-0.25, -0.2) is 4.79 Å². The molecule has 6 heteroatoms. The van der Waals surface area contributed by atoms with Gasteiger partial charge in [0, 0.05) is 12.7 Å². The summed E-state index contributed by atoms with van der Waals surface area (Å²) in [5.74, 6) is 0. The second-order valence-corrected chi connectivity index (χ2v) is 6.12. The Labute approximate surface area is 147 Å². The van der Waals surface area contributed by atoms with Crippen LogP contribution in [-0.4, -0.2) is 28.4 Å². The second-order valence-electron chi connectivity index (χ2n) is 6.12. The van der Waals surface area contributed by atoms with Gasteiger partial charge in [0.2, 0.25) is 0 Å². The lowest BCUT2D eigenvalue weighted by Crippen LogP contribution is -2.37. The summed E-state index contributed by atoms with van der Waals surface area (Å²) >= 11 is 0. The average molecular weight is 343 g/mol. The lowest BCUT2D eigenvalue weighted by molar-refractivity contribution is 0.162. The highest BCUT2D eigenvalue weighted by Gasteiger charge is 2.09. The van der Waals surface area contributed by atoms with Crippen LogP contribution in [-0.2, 0) is 6.54 Å². The number of carbonyl (C=O) groups excluding carboxylic acids is 1. The van der Waals surface area contributed by atoms with Crippen molar-refractivity contribution in [2.75, 3.05) is 11.9 Å². The van der Waals surface area contributed by atoms with Crippen LogP contribution in [0.2, 0.25) is 0 Å². The molecule has 1 atom stereocenters. The van der Waals surface area contributed by atoms with Gasteiger partial charge in [-0.1, -0.05) is 43.2 Å². The molecule has 1 unspecified atom stereocenters. The van der Waals surface area contributed by atoms with Crippen molar-refractivity contribution in [2.24, 2.45) is 0 Å². The highest BCUT2D eigenvalue weighted by atomic mass is 16.3. The Hall–Kier alpha value is -2.60. The van der Waals surface area contributed by atoms with E-state index < -0.39 is 12.1 Å². The number of amides is 2. The van der Waals surface area contributed by atoms with Crippen LogP contribution < -0.4 is 16.2 Å². The molecule has 2 amide bonds. The molecule has 1 heterocycles. The van der Waals surface area contributed by atoms with Gasteiger partial charge in [0.1, 0.15) is 5.69 Å². The Morgan fingerprint density at radius 2 is 1.96 bits per heavy atom. The lowest BCUT2D eigenvalue weighted by Gasteiger charge is -2.12. The van der Waals surface area contributed by atoms with E-state index in [2.05, 4.69) is 10.6 Å². The number of rotatable bonds is 7. The van der Waals surface area contributed by atoms with E-state index in [1.165, 1.54) is 0 Å². The number of hydrogen-bond acceptors (Lipinski definition) is 3. The highest BCUT2D eigenvalue weighted by molar-refractivity contribution is 5.88. The van der Waals surface area contributed by atoms with Crippen molar-refractivity contribution < 1.29 is 9.90 Å². The third kappa shape index (κ3) is 5.76. The Morgan fingerprint density at radius 3 is 2.64 bits per heavy atom. The number of urea groups is 1. The van der Waals surface area contributed by atoms with E-state index in [0.717, 1.165) is 17.5 Å². The van der Waals surface area contributed by atoms with Crippen LogP contribution in [0.25, 0.3) is 0 Å². The van der Waals surface area contributed by atoms with E-state index >= 15 is 0 Å². The van der Waals surface area contributed by atoms with Gasteiger partial charge < -0.3 is 20.3 Å². The van der Waals surface area contributed by atoms with Gasteiger partial charge in [-0.3, -0.25) is 4.79 Å². The number of carbonyl (C=O) groups is 1. The third-order valence-corrected chi connectivity index (χ3v) is 3.86. The molecule has 134 valence electrons. The van der Waals surface area contributed by atoms with Crippen LogP contribution in [0, 0.1) is 6.92 Å². The van der Waals surface area contributed by atoms with Gasteiger partial charge >= 0.3 is 6.03 Å². The predicted molar refractivity (Wildman–Crippen MR) is 98.9 cm³/mol. The van der Waals surface area contributed by atoms with Crippen molar-refractivity contribution in [3.63, 3.8) is 0 Å². The topological polar surface area (TPSA) is 83.4 Å². The molecule has 3 N–H and O–H groups in total. The Kier molecular flexibility index (Phi) is 6.77. The summed E-state index contributed by atoms with van der Waals surface area (Å²) in [5.41, 5.74) is 2.11. The summed E-state index contributed by atoms with van der Waals surface area (Å²) in [7, 11) is 0. The maximum absolute atomic E-state index is 12.5. The van der Waals surface area contributed by atoms with Gasteiger partial charge in [0.25, 0.3) is 5.56 Å². The molecular weight excluding hydrogens is 318 g/mol. The van der Waals surface area contributed by atoms with E-state index in [1.54, 1.807) is 22.9 Å². The number of aliphatic hydroxyl groups excluding tert-OH is 1. The van der Waals surface area contributed by atoms with Crippen LogP contribution in [0.15, 0.2) is 47.4 Å². The number of hydrogen-bond donors (Lipinski definition) is 3. The smallest absolute Gasteiger partial charge is 0.319 e. The first-order valence-corrected chi connectivity index (χ1v) is 8.47. The van der Waals surface area contributed by atoms with Gasteiger partial charge in [-0.05, 0) is 31.0 Å². The summed E-state index contributed by atoms with van der Waals surface area (Å²) < 4.78 is 1.55. The summed E-state index contributed by atoms with van der Waals surface area (Å²) in [4.78, 5) is 24.4. The minimum atomic E-state index is -0.579. The summed E-state index contributed by atoms with van der Waals surface area (Å²) in [6.45, 7) is 4.57. The van der Waals surface area contributed by atoms with E-state index in [9.17, 15) is 14.7 Å². The SMILES string of the molecule is CCCC(O)CNC(=O)Nc1cccn(Cc2ccc(C)cc2)c1=O. The Bertz CT molecular complexity index is 753. The first-order valence-electron chi connectivity index (χ1n) is 8.47. The average Bonchev–Trinajstić information content (AvgIpc) is 2.59. The monoisotopic (exact) mass is 343 g/mol. The first-order chi connectivity index (χ1) is 12.0. The van der Waals surface area contributed by atoms with Crippen molar-refractivity contribution in [3.8, 4) is 0 Å². The highest BCUT2D eigenvalue weighted by Crippen LogP contribution is 2.06. The van der Waals surface area contributed by atoms with E-state index in [1.807, 2.05) is 38.1 Å². The van der Waals surface area contributed by atoms with Gasteiger partial charge in [-0.2, -0.15) is 0 Å². The fourth-order valence-electron chi connectivity index (χ4n) is 2.46. The fraction of sp³-hybridized carbons (Fsp3) is 0.368. The maximum Gasteiger partial charge on any atom is 0.319 e. The molecule has 0 aliphatic rings. The Balaban J connectivity index is 2.01. The molecule has 2 aromatic rings. The van der Waals surface area contributed by atoms with Crippen molar-refractivity contribution in [1.29, 1.82) is 0 Å². The number of pyridine rings is 1. The molecule has 0 bridgehead atoms. The number of nitrogens with zero attached hydrogens (tertiary/aromatic N) is 1. The van der Waals surface area contributed by atoms with Crippen LogP contribution in [0.1, 0.15) is 30.9 Å². The molecule has 0 radical (unpaired) electrons. The minimum absolute atomic E-state index is 0.157. The first kappa shape index (κ1) is 18.7. The largest absolute Gasteiger partial charge is 0.391 e. The zero-order valence-corrected chi connectivity index (χ0v) is 14.7. The number of aryl methyl sites for hydroxylation is 1. The molecule has 0 spiro atoms. The molecule has 1 aromatic carbocycles. The van der Waals surface area contributed by atoms with Gasteiger partial charge in [-0.15, -0.1) is 0 Å². The van der Waals surface area contributed by atoms with Crippen molar-refractivity contribution in [2.45, 2.75) is 39.3 Å². The standard InChI is InChI=1S/C19H25N3O3/c1-3-5-16(23)12-20-19(25)21-17-6-4-11-22(18(17)24)13-15-9-7-14(2)8-10-15/h4,6-11,16,23H,3,5,12-13H2,1-2H3,(H2,20,21,25). The molecule has 2 rings (SSSR count). The molecule has 0 aliphatic heterocycles. The predicted octanol–water partition coefficient (Wildman–Crippen LogP) is 2.49. The molecule has 1 aromatic heterocycles. The molecule has 25 heavy (non-hydrogen) atoms. The number of anilines is 1. The molecular formula is C19H25N3O3. The summed E-state index contributed by atoms with van der Waals surface area (Å²) in [6.07, 6.45) is 2.57. The van der Waals surface area contributed by atoms with Crippen LogP contribution >= 0.6 is 0 Å². The molecule has 6 nitrogen and oxygen atoms in total. The van der Waals surface area contributed by atoms with Crippen molar-refractivity contribution in [3.05, 3.63) is 64.1 Å². The van der Waals surface area contributed by atoms with E-state index in [0.29, 0.717) is 13.0 Å². The zero-order chi connectivity index (χ0) is 18.2. The Morgan fingerprint density at radius 1 is 1.24 bits per heavy atom. The van der Waals surface area contributed by atoms with E-state index in [-0.39, 0.29) is 17.8 Å². The molecule has 0 fully saturated rings. The van der Waals surface area contributed by atoms with Gasteiger partial charge in [0.15, 0.2) is 0 Å². The fourth-order valence-corrected chi connectivity index (χ4v) is 2.46. The zero-order valence-electron chi connectivity index (χ0n) is 14.7. The minimum Gasteiger partial charge on any atom is -0.391 e. The summed E-state index contributed by atoms with van der Waals surface area (Å²) in [6, 6.07) is 10.7. The molecule has 0 saturated carbocycles. The van der Waals surface area contributed by atoms with Crippen molar-refractivity contribution >= 4 is 11.7 Å². The number of benzene rings is 1. The van der Waals surface area contributed by atoms with Crippen LogP contribution in [0.5, 0.6) is 0 Å². The van der Waals surface area contributed by atoms with E-state index in [4.69, 9.17) is 0 Å². The normalized spacial score (nSPS) is 11.8. The van der Waals surface area contributed by atoms with Crippen molar-refractivity contribution in [1.82, 2.24) is 9.88 Å². The molecule has 0 aliphatic carbocycles. The maximum atomic E-state index is 12.5. The number of nitrogens with one attached hydrogen (secondary N) is 2. The summed E-state index contributed by atoms with van der Waals surface area (Å²) in [5, 5.41) is 14.8. The van der Waals surface area contributed by atoms with Crippen LogP contribution in [0.4, 0.5) is 10.5 Å². The third-order valence-electron chi connectivity index (χ3n) is 3.86. The van der Waals surface area contributed by atoms with Gasteiger partial charge in [0.05, 0.1) is 12.6 Å². The number of aliphatic hydroxyl groups is 1. The lowest BCUT2D eigenvalue weighted by atomic mass is 10.1. The van der Waals surface area contributed by atoms with Crippen LogP contribution in [0.3, 0.4) is 0 Å². The quantitative estimate of drug-likeness (QED) is 0.722.